The minimum atomic E-state index is -3.52. The van der Waals surface area contributed by atoms with Crippen molar-refractivity contribution in [1.82, 2.24) is 9.62 Å². The van der Waals surface area contributed by atoms with Crippen molar-refractivity contribution < 1.29 is 13.2 Å². The van der Waals surface area contributed by atoms with Crippen LogP contribution in [0.1, 0.15) is 44.7 Å². The molecular weight excluding hydrogens is 422 g/mol. The largest absolute Gasteiger partial charge is 0.325 e. The van der Waals surface area contributed by atoms with E-state index in [9.17, 15) is 13.2 Å². The molecule has 3 rings (SSSR count). The van der Waals surface area contributed by atoms with Gasteiger partial charge in [-0.15, -0.1) is 0 Å². The molecule has 2 aromatic carbocycles. The second-order valence-corrected chi connectivity index (χ2v) is 11.6. The molecule has 1 aliphatic heterocycles. The number of hydrogen-bond donors (Lipinski definition) is 2. The zero-order chi connectivity index (χ0) is 23.4. The van der Waals surface area contributed by atoms with Gasteiger partial charge < -0.3 is 5.32 Å². The Bertz CT molecular complexity index is 1010. The maximum absolute atomic E-state index is 12.5. The van der Waals surface area contributed by atoms with Crippen LogP contribution in [0.2, 0.25) is 0 Å². The Morgan fingerprint density at radius 2 is 1.72 bits per heavy atom. The summed E-state index contributed by atoms with van der Waals surface area (Å²) in [6.07, 6.45) is 1.90. The molecule has 1 amide bonds. The molecular formula is C25H35N3O3S. The van der Waals surface area contributed by atoms with Crippen molar-refractivity contribution in [2.75, 3.05) is 31.5 Å². The SMILES string of the molecule is Cc1ccc(S(=O)(=O)NCC2CCCN(CC(=O)Nc3ccc(C(C)(C)C)cc3)C2)cc1. The van der Waals surface area contributed by atoms with Crippen LogP contribution >= 0.6 is 0 Å². The van der Waals surface area contributed by atoms with Crippen LogP contribution in [0.3, 0.4) is 0 Å². The van der Waals surface area contributed by atoms with Crippen molar-refractivity contribution in [3.05, 3.63) is 59.7 Å². The van der Waals surface area contributed by atoms with E-state index in [2.05, 4.69) is 35.7 Å². The minimum Gasteiger partial charge on any atom is -0.325 e. The van der Waals surface area contributed by atoms with Crippen molar-refractivity contribution in [2.24, 2.45) is 5.92 Å². The highest BCUT2D eigenvalue weighted by Gasteiger charge is 2.24. The molecule has 2 aromatic rings. The quantitative estimate of drug-likeness (QED) is 0.661. The molecule has 0 bridgehead atoms. The predicted octanol–water partition coefficient (Wildman–Crippen LogP) is 3.92. The van der Waals surface area contributed by atoms with Crippen LogP contribution < -0.4 is 10.0 Å². The van der Waals surface area contributed by atoms with Gasteiger partial charge >= 0.3 is 0 Å². The molecule has 7 heteroatoms. The topological polar surface area (TPSA) is 78.5 Å². The molecule has 0 aromatic heterocycles. The number of anilines is 1. The fourth-order valence-electron chi connectivity index (χ4n) is 3.95. The monoisotopic (exact) mass is 457 g/mol. The van der Waals surface area contributed by atoms with Gasteiger partial charge in [-0.2, -0.15) is 0 Å². The summed E-state index contributed by atoms with van der Waals surface area (Å²) in [5.41, 5.74) is 3.12. The second kappa shape index (κ2) is 10.1. The number of nitrogens with zero attached hydrogens (tertiary/aromatic N) is 1. The van der Waals surface area contributed by atoms with Crippen LogP contribution in [0.25, 0.3) is 0 Å². The van der Waals surface area contributed by atoms with Gasteiger partial charge in [-0.25, -0.2) is 13.1 Å². The van der Waals surface area contributed by atoms with Gasteiger partial charge in [0, 0.05) is 18.8 Å². The maximum Gasteiger partial charge on any atom is 0.240 e. The summed E-state index contributed by atoms with van der Waals surface area (Å²) < 4.78 is 27.8. The van der Waals surface area contributed by atoms with E-state index in [-0.39, 0.29) is 22.1 Å². The van der Waals surface area contributed by atoms with Crippen molar-refractivity contribution in [3.63, 3.8) is 0 Å². The number of hydrogen-bond acceptors (Lipinski definition) is 4. The average molecular weight is 458 g/mol. The smallest absolute Gasteiger partial charge is 0.240 e. The van der Waals surface area contributed by atoms with Crippen LogP contribution in [0.4, 0.5) is 5.69 Å². The highest BCUT2D eigenvalue weighted by Crippen LogP contribution is 2.23. The molecule has 1 heterocycles. The fourth-order valence-corrected chi connectivity index (χ4v) is 5.06. The third-order valence-electron chi connectivity index (χ3n) is 5.90. The van der Waals surface area contributed by atoms with Gasteiger partial charge in [0.05, 0.1) is 11.4 Å². The summed E-state index contributed by atoms with van der Waals surface area (Å²) in [5.74, 6) is 0.136. The standard InChI is InChI=1S/C25H35N3O3S/c1-19-7-13-23(14-8-19)32(30,31)26-16-20-6-5-15-28(17-20)18-24(29)27-22-11-9-21(10-12-22)25(2,3)4/h7-14,20,26H,5-6,15-18H2,1-4H3,(H,27,29). The number of nitrogens with one attached hydrogen (secondary N) is 2. The normalized spacial score (nSPS) is 17.8. The highest BCUT2D eigenvalue weighted by atomic mass is 32.2. The molecule has 0 spiro atoms. The van der Waals surface area contributed by atoms with Gasteiger partial charge in [0.2, 0.25) is 15.9 Å². The zero-order valence-corrected chi connectivity index (χ0v) is 20.3. The first-order chi connectivity index (χ1) is 15.0. The van der Waals surface area contributed by atoms with E-state index < -0.39 is 10.0 Å². The lowest BCUT2D eigenvalue weighted by atomic mass is 9.87. The summed E-state index contributed by atoms with van der Waals surface area (Å²) in [7, 11) is -3.52. The lowest BCUT2D eigenvalue weighted by Crippen LogP contribution is -2.43. The van der Waals surface area contributed by atoms with Crippen molar-refractivity contribution >= 4 is 21.6 Å². The molecule has 0 saturated carbocycles. The number of carbonyl (C=O) groups excluding carboxylic acids is 1. The van der Waals surface area contributed by atoms with Crippen LogP contribution in [-0.4, -0.2) is 45.4 Å². The molecule has 0 radical (unpaired) electrons. The van der Waals surface area contributed by atoms with Crippen molar-refractivity contribution in [1.29, 1.82) is 0 Å². The molecule has 0 aliphatic carbocycles. The number of rotatable bonds is 7. The first kappa shape index (κ1) is 24.4. The summed E-state index contributed by atoms with van der Waals surface area (Å²) >= 11 is 0. The summed E-state index contributed by atoms with van der Waals surface area (Å²) in [5, 5.41) is 2.97. The lowest BCUT2D eigenvalue weighted by molar-refractivity contribution is -0.117. The Morgan fingerprint density at radius 3 is 2.34 bits per heavy atom. The third-order valence-corrected chi connectivity index (χ3v) is 7.34. The molecule has 1 saturated heterocycles. The number of amides is 1. The van der Waals surface area contributed by atoms with Crippen molar-refractivity contribution in [3.8, 4) is 0 Å². The first-order valence-electron chi connectivity index (χ1n) is 11.2. The van der Waals surface area contributed by atoms with E-state index in [0.717, 1.165) is 30.6 Å². The molecule has 1 atom stereocenters. The Labute approximate surface area is 192 Å². The van der Waals surface area contributed by atoms with Gasteiger partial charge in [-0.1, -0.05) is 50.6 Å². The van der Waals surface area contributed by atoms with Crippen LogP contribution in [0.5, 0.6) is 0 Å². The van der Waals surface area contributed by atoms with Gasteiger partial charge in [-0.3, -0.25) is 9.69 Å². The van der Waals surface area contributed by atoms with E-state index >= 15 is 0 Å². The number of piperidine rings is 1. The number of benzene rings is 2. The Kier molecular flexibility index (Phi) is 7.75. The van der Waals surface area contributed by atoms with Gasteiger partial charge in [0.25, 0.3) is 0 Å². The third kappa shape index (κ3) is 6.89. The van der Waals surface area contributed by atoms with E-state index in [1.54, 1.807) is 24.3 Å². The average Bonchev–Trinajstić information content (AvgIpc) is 2.73. The number of aryl methyl sites for hydroxylation is 1. The summed E-state index contributed by atoms with van der Waals surface area (Å²) in [4.78, 5) is 14.9. The van der Waals surface area contributed by atoms with E-state index in [1.807, 2.05) is 31.2 Å². The highest BCUT2D eigenvalue weighted by molar-refractivity contribution is 7.89. The van der Waals surface area contributed by atoms with Crippen LogP contribution in [-0.2, 0) is 20.2 Å². The number of carbonyl (C=O) groups is 1. The van der Waals surface area contributed by atoms with Crippen molar-refractivity contribution in [2.45, 2.75) is 50.8 Å². The van der Waals surface area contributed by atoms with E-state index in [4.69, 9.17) is 0 Å². The Hall–Kier alpha value is -2.22. The Balaban J connectivity index is 1.49. The molecule has 174 valence electrons. The Morgan fingerprint density at radius 1 is 1.06 bits per heavy atom. The van der Waals surface area contributed by atoms with E-state index in [0.29, 0.717) is 19.6 Å². The first-order valence-corrected chi connectivity index (χ1v) is 12.7. The number of likely N-dealkylation sites (tertiary alicyclic amines) is 1. The lowest BCUT2D eigenvalue weighted by Gasteiger charge is -2.32. The summed E-state index contributed by atoms with van der Waals surface area (Å²) in [6.45, 7) is 10.6. The fraction of sp³-hybridized carbons (Fsp3) is 0.480. The predicted molar refractivity (Wildman–Crippen MR) is 129 cm³/mol. The van der Waals surface area contributed by atoms with E-state index in [1.165, 1.54) is 5.56 Å². The molecule has 2 N–H and O–H groups in total. The summed E-state index contributed by atoms with van der Waals surface area (Å²) in [6, 6.07) is 14.8. The molecule has 1 fully saturated rings. The zero-order valence-electron chi connectivity index (χ0n) is 19.5. The van der Waals surface area contributed by atoms with Crippen LogP contribution in [0.15, 0.2) is 53.4 Å². The molecule has 32 heavy (non-hydrogen) atoms. The minimum absolute atomic E-state index is 0.0469. The van der Waals surface area contributed by atoms with Gasteiger partial charge in [0.15, 0.2) is 0 Å². The second-order valence-electron chi connectivity index (χ2n) is 9.78. The molecule has 6 nitrogen and oxygen atoms in total. The maximum atomic E-state index is 12.5. The van der Waals surface area contributed by atoms with Gasteiger partial charge in [0.1, 0.15) is 0 Å². The number of sulfonamides is 1. The van der Waals surface area contributed by atoms with Crippen LogP contribution in [0, 0.1) is 12.8 Å². The molecule has 1 aliphatic rings. The molecule has 1 unspecified atom stereocenters. The van der Waals surface area contributed by atoms with Gasteiger partial charge in [-0.05, 0) is 67.5 Å².